The lowest BCUT2D eigenvalue weighted by Gasteiger charge is -2.38. The van der Waals surface area contributed by atoms with Gasteiger partial charge < -0.3 is 20.0 Å². The third-order valence-electron chi connectivity index (χ3n) is 5.84. The molecule has 1 aliphatic carbocycles. The van der Waals surface area contributed by atoms with E-state index >= 15 is 0 Å². The minimum absolute atomic E-state index is 0.781. The van der Waals surface area contributed by atoms with Gasteiger partial charge in [-0.25, -0.2) is 0 Å². The highest BCUT2D eigenvalue weighted by Gasteiger charge is 2.34. The number of aliphatic imine (C=N–C) groups is 1. The monoisotopic (exact) mass is 341 g/mol. The van der Waals surface area contributed by atoms with Crippen molar-refractivity contribution < 1.29 is 0 Å². The number of anilines is 1. The van der Waals surface area contributed by atoms with E-state index in [0.717, 1.165) is 50.6 Å². The molecule has 1 aromatic rings. The van der Waals surface area contributed by atoms with E-state index < -0.39 is 0 Å². The Morgan fingerprint density at radius 1 is 1.04 bits per heavy atom. The quantitative estimate of drug-likeness (QED) is 0.670. The zero-order chi connectivity index (χ0) is 17.1. The maximum Gasteiger partial charge on any atom is 0.193 e. The Kier molecular flexibility index (Phi) is 5.11. The number of para-hydroxylation sites is 1. The predicted molar refractivity (Wildman–Crippen MR) is 104 cm³/mol. The van der Waals surface area contributed by atoms with Crippen molar-refractivity contribution in [3.8, 4) is 0 Å². The molecule has 0 radical (unpaired) electrons. The van der Waals surface area contributed by atoms with Crippen molar-refractivity contribution in [2.45, 2.75) is 25.3 Å². The van der Waals surface area contributed by atoms with Gasteiger partial charge in [-0.15, -0.1) is 0 Å². The second kappa shape index (κ2) is 7.65. The molecule has 3 aliphatic rings. The largest absolute Gasteiger partial charge is 0.368 e. The Balaban J connectivity index is 1.23. The predicted octanol–water partition coefficient (Wildman–Crippen LogP) is 1.87. The van der Waals surface area contributed by atoms with Gasteiger partial charge in [-0.1, -0.05) is 18.2 Å². The van der Waals surface area contributed by atoms with E-state index in [2.05, 4.69) is 55.3 Å². The summed E-state index contributed by atoms with van der Waals surface area (Å²) in [6, 6.07) is 11.6. The van der Waals surface area contributed by atoms with Gasteiger partial charge in [0.15, 0.2) is 5.96 Å². The van der Waals surface area contributed by atoms with Crippen LogP contribution in [0.5, 0.6) is 0 Å². The molecular weight excluding hydrogens is 310 g/mol. The summed E-state index contributed by atoms with van der Waals surface area (Å²) in [5.41, 5.74) is 1.33. The number of nitrogens with zero attached hydrogens (tertiary/aromatic N) is 4. The van der Waals surface area contributed by atoms with Gasteiger partial charge in [-0.2, -0.15) is 0 Å². The van der Waals surface area contributed by atoms with Crippen LogP contribution in [0.1, 0.15) is 19.3 Å². The van der Waals surface area contributed by atoms with Crippen LogP contribution in [0.25, 0.3) is 0 Å². The molecule has 2 saturated heterocycles. The summed E-state index contributed by atoms with van der Waals surface area (Å²) in [5, 5.41) is 3.65. The highest BCUT2D eigenvalue weighted by atomic mass is 15.3. The van der Waals surface area contributed by atoms with Gasteiger partial charge in [0.2, 0.25) is 0 Å². The number of rotatable bonds is 4. The third kappa shape index (κ3) is 4.09. The van der Waals surface area contributed by atoms with Crippen LogP contribution in [0.2, 0.25) is 0 Å². The first-order chi connectivity index (χ1) is 12.3. The summed E-state index contributed by atoms with van der Waals surface area (Å²) in [6.45, 7) is 7.82. The van der Waals surface area contributed by atoms with E-state index in [1.165, 1.54) is 38.0 Å². The van der Waals surface area contributed by atoms with Gasteiger partial charge in [0, 0.05) is 58.0 Å². The molecule has 1 atom stereocenters. The van der Waals surface area contributed by atoms with Crippen LogP contribution in [0.15, 0.2) is 35.3 Å². The Bertz CT molecular complexity index is 575. The van der Waals surface area contributed by atoms with Crippen LogP contribution in [0, 0.1) is 5.92 Å². The minimum atomic E-state index is 0.781. The van der Waals surface area contributed by atoms with Gasteiger partial charge in [-0.3, -0.25) is 4.99 Å². The fourth-order valence-corrected chi connectivity index (χ4v) is 4.18. The van der Waals surface area contributed by atoms with Crippen molar-refractivity contribution in [3.05, 3.63) is 30.3 Å². The molecule has 25 heavy (non-hydrogen) atoms. The SMILES string of the molecule is CN=C(NCC1CCN(C2CC2)C1)N1CCN(c2ccccc2)CC1. The lowest BCUT2D eigenvalue weighted by atomic mass is 10.1. The summed E-state index contributed by atoms with van der Waals surface area (Å²) < 4.78 is 0. The van der Waals surface area contributed by atoms with Gasteiger partial charge in [0.05, 0.1) is 0 Å². The summed E-state index contributed by atoms with van der Waals surface area (Å²) in [4.78, 5) is 12.1. The number of benzene rings is 1. The highest BCUT2D eigenvalue weighted by molar-refractivity contribution is 5.80. The lowest BCUT2D eigenvalue weighted by molar-refractivity contribution is 0.312. The summed E-state index contributed by atoms with van der Waals surface area (Å²) in [7, 11) is 1.91. The van der Waals surface area contributed by atoms with Crippen molar-refractivity contribution in [2.75, 3.05) is 57.8 Å². The van der Waals surface area contributed by atoms with E-state index in [1.807, 2.05) is 7.05 Å². The van der Waals surface area contributed by atoms with Gasteiger partial charge in [0.1, 0.15) is 0 Å². The molecule has 1 unspecified atom stereocenters. The number of likely N-dealkylation sites (tertiary alicyclic amines) is 1. The Hall–Kier alpha value is -1.75. The van der Waals surface area contributed by atoms with E-state index in [4.69, 9.17) is 0 Å². The Morgan fingerprint density at radius 3 is 2.48 bits per heavy atom. The molecule has 0 bridgehead atoms. The van der Waals surface area contributed by atoms with Crippen molar-refractivity contribution >= 4 is 11.6 Å². The molecule has 5 heteroatoms. The van der Waals surface area contributed by atoms with E-state index in [9.17, 15) is 0 Å². The van der Waals surface area contributed by atoms with Crippen LogP contribution in [0.3, 0.4) is 0 Å². The molecule has 2 heterocycles. The van der Waals surface area contributed by atoms with Crippen molar-refractivity contribution in [1.29, 1.82) is 0 Å². The smallest absolute Gasteiger partial charge is 0.193 e. The second-order valence-corrected chi connectivity index (χ2v) is 7.62. The van der Waals surface area contributed by atoms with Crippen molar-refractivity contribution in [3.63, 3.8) is 0 Å². The first-order valence-electron chi connectivity index (χ1n) is 9.83. The Labute approximate surface area is 151 Å². The summed E-state index contributed by atoms with van der Waals surface area (Å²) in [5.74, 6) is 1.86. The molecule has 136 valence electrons. The minimum Gasteiger partial charge on any atom is -0.368 e. The number of guanidine groups is 1. The number of piperazine rings is 1. The fourth-order valence-electron chi connectivity index (χ4n) is 4.18. The molecule has 1 saturated carbocycles. The van der Waals surface area contributed by atoms with Crippen LogP contribution in [-0.2, 0) is 0 Å². The highest BCUT2D eigenvalue weighted by Crippen LogP contribution is 2.31. The molecule has 0 spiro atoms. The van der Waals surface area contributed by atoms with E-state index in [0.29, 0.717) is 0 Å². The van der Waals surface area contributed by atoms with Crippen LogP contribution in [0.4, 0.5) is 5.69 Å². The van der Waals surface area contributed by atoms with Crippen LogP contribution < -0.4 is 10.2 Å². The number of hydrogen-bond acceptors (Lipinski definition) is 3. The lowest BCUT2D eigenvalue weighted by Crippen LogP contribution is -2.53. The standard InChI is InChI=1S/C20H31N5/c1-21-20(22-15-17-9-10-25(16-17)19-7-8-19)24-13-11-23(12-14-24)18-5-3-2-4-6-18/h2-6,17,19H,7-16H2,1H3,(H,21,22). The first-order valence-corrected chi connectivity index (χ1v) is 9.83. The molecule has 2 aliphatic heterocycles. The molecule has 0 aromatic heterocycles. The van der Waals surface area contributed by atoms with Gasteiger partial charge >= 0.3 is 0 Å². The third-order valence-corrected chi connectivity index (χ3v) is 5.84. The van der Waals surface area contributed by atoms with Gasteiger partial charge in [0.25, 0.3) is 0 Å². The molecule has 3 fully saturated rings. The van der Waals surface area contributed by atoms with Crippen LogP contribution >= 0.6 is 0 Å². The normalized spacial score (nSPS) is 25.5. The molecule has 1 N–H and O–H groups in total. The summed E-state index contributed by atoms with van der Waals surface area (Å²) in [6.07, 6.45) is 4.18. The molecule has 4 rings (SSSR count). The molecular formula is C20H31N5. The zero-order valence-corrected chi connectivity index (χ0v) is 15.4. The second-order valence-electron chi connectivity index (χ2n) is 7.62. The van der Waals surface area contributed by atoms with E-state index in [1.54, 1.807) is 0 Å². The molecule has 5 nitrogen and oxygen atoms in total. The first kappa shape index (κ1) is 16.7. The van der Waals surface area contributed by atoms with E-state index in [-0.39, 0.29) is 0 Å². The number of nitrogens with one attached hydrogen (secondary N) is 1. The van der Waals surface area contributed by atoms with Crippen molar-refractivity contribution in [2.24, 2.45) is 10.9 Å². The van der Waals surface area contributed by atoms with Crippen LogP contribution in [-0.4, -0.2) is 74.7 Å². The zero-order valence-electron chi connectivity index (χ0n) is 15.4. The average Bonchev–Trinajstić information content (AvgIpc) is 3.42. The topological polar surface area (TPSA) is 34.1 Å². The Morgan fingerprint density at radius 2 is 1.80 bits per heavy atom. The molecule has 1 aromatic carbocycles. The molecule has 0 amide bonds. The van der Waals surface area contributed by atoms with Gasteiger partial charge in [-0.05, 0) is 43.9 Å². The summed E-state index contributed by atoms with van der Waals surface area (Å²) >= 11 is 0. The average molecular weight is 342 g/mol. The maximum atomic E-state index is 4.54. The number of hydrogen-bond donors (Lipinski definition) is 1. The maximum absolute atomic E-state index is 4.54. The van der Waals surface area contributed by atoms with Crippen molar-refractivity contribution in [1.82, 2.24) is 15.1 Å². The fraction of sp³-hybridized carbons (Fsp3) is 0.650.